The second kappa shape index (κ2) is 11.5. The van der Waals surface area contributed by atoms with Crippen LogP contribution in [0.5, 0.6) is 5.75 Å². The Bertz CT molecular complexity index is 2300. The summed E-state index contributed by atoms with van der Waals surface area (Å²) in [5, 5.41) is 44.2. The number of benzene rings is 4. The normalized spacial score (nSPS) is 12.6. The number of nitriles is 1. The summed E-state index contributed by atoms with van der Waals surface area (Å²) in [6.45, 7) is 0. The van der Waals surface area contributed by atoms with Crippen molar-refractivity contribution in [2.24, 2.45) is 20.5 Å². The Kier molecular flexibility index (Phi) is 8.29. The predicted octanol–water partition coefficient (Wildman–Crippen LogP) is 4.69. The number of nitrogens with zero attached hydrogens (tertiary/aromatic N) is 5. The van der Waals surface area contributed by atoms with Gasteiger partial charge in [0.25, 0.3) is 30.4 Å². The predicted molar refractivity (Wildman–Crippen MR) is 148 cm³/mol. The molecule has 4 aromatic rings. The molecule has 4 rings (SSSR count). The summed E-state index contributed by atoms with van der Waals surface area (Å²) in [4.78, 5) is 9.62. The highest BCUT2D eigenvalue weighted by Crippen LogP contribution is 2.43. The van der Waals surface area contributed by atoms with Crippen LogP contribution in [0.25, 0.3) is 10.8 Å². The van der Waals surface area contributed by atoms with Gasteiger partial charge in [-0.2, -0.15) is 40.7 Å². The monoisotopic (exact) mass is 661 g/mol. The van der Waals surface area contributed by atoms with E-state index in [0.29, 0.717) is 12.1 Å². The van der Waals surface area contributed by atoms with Gasteiger partial charge in [0.2, 0.25) is 0 Å². The molecule has 0 amide bonds. The molecular formula is C24H15N5O12S3. The molecule has 0 unspecified atom stereocenters. The van der Waals surface area contributed by atoms with E-state index < -0.39 is 85.1 Å². The minimum Gasteiger partial charge on any atom is -0.505 e. The first kappa shape index (κ1) is 31.8. The molecule has 0 saturated carbocycles. The number of phenolic OH excluding ortho intramolecular Hbond substituents is 1. The first-order chi connectivity index (χ1) is 20.4. The molecule has 17 nitrogen and oxygen atoms in total. The number of carboxylic acid groups (broad SMARTS) is 1. The van der Waals surface area contributed by atoms with Gasteiger partial charge < -0.3 is 10.2 Å². The van der Waals surface area contributed by atoms with Crippen LogP contribution >= 0.6 is 0 Å². The number of hydrogen-bond acceptors (Lipinski definition) is 13. The fraction of sp³-hybridized carbons (Fsp3) is 0. The van der Waals surface area contributed by atoms with Gasteiger partial charge >= 0.3 is 5.97 Å². The third kappa shape index (κ3) is 6.73. The minimum atomic E-state index is -5.20. The van der Waals surface area contributed by atoms with E-state index in [1.165, 1.54) is 18.2 Å². The van der Waals surface area contributed by atoms with Gasteiger partial charge in [0.15, 0.2) is 5.75 Å². The van der Waals surface area contributed by atoms with Crippen molar-refractivity contribution in [2.75, 3.05) is 0 Å². The number of rotatable bonds is 8. The topological polar surface area (TPSA) is 294 Å². The molecule has 20 heteroatoms. The average Bonchev–Trinajstić information content (AvgIpc) is 2.93. The molecular weight excluding hydrogens is 646 g/mol. The van der Waals surface area contributed by atoms with Crippen molar-refractivity contribution in [3.05, 3.63) is 71.8 Å². The minimum absolute atomic E-state index is 0.0271. The van der Waals surface area contributed by atoms with Gasteiger partial charge in [0.05, 0.1) is 38.4 Å². The molecule has 0 saturated heterocycles. The third-order valence-corrected chi connectivity index (χ3v) is 8.27. The van der Waals surface area contributed by atoms with Crippen molar-refractivity contribution in [1.29, 1.82) is 5.26 Å². The van der Waals surface area contributed by atoms with Crippen LogP contribution in [0.2, 0.25) is 0 Å². The smallest absolute Gasteiger partial charge is 0.338 e. The summed E-state index contributed by atoms with van der Waals surface area (Å²) >= 11 is 0. The molecule has 0 aromatic heterocycles. The molecule has 0 aliphatic rings. The van der Waals surface area contributed by atoms with Crippen molar-refractivity contribution in [3.63, 3.8) is 0 Å². The fourth-order valence-corrected chi connectivity index (χ4v) is 5.42. The van der Waals surface area contributed by atoms with Gasteiger partial charge in [-0.25, -0.2) is 4.79 Å². The number of carboxylic acids is 1. The molecule has 0 heterocycles. The van der Waals surface area contributed by atoms with Crippen LogP contribution in [0.4, 0.5) is 22.7 Å². The van der Waals surface area contributed by atoms with Gasteiger partial charge in [0.1, 0.15) is 16.3 Å². The lowest BCUT2D eigenvalue weighted by Crippen LogP contribution is -2.02. The first-order valence-corrected chi connectivity index (χ1v) is 15.7. The molecule has 0 radical (unpaired) electrons. The molecule has 0 aliphatic heterocycles. The highest BCUT2D eigenvalue weighted by molar-refractivity contribution is 7.86. The summed E-state index contributed by atoms with van der Waals surface area (Å²) in [6, 6.07) is 11.6. The van der Waals surface area contributed by atoms with E-state index in [1.807, 2.05) is 0 Å². The third-order valence-electron chi connectivity index (χ3n) is 5.70. The summed E-state index contributed by atoms with van der Waals surface area (Å²) in [5.74, 6) is -2.59. The summed E-state index contributed by atoms with van der Waals surface area (Å²) in [5.41, 5.74) is -2.26. The van der Waals surface area contributed by atoms with Crippen LogP contribution in [-0.4, -0.2) is 55.1 Å². The molecule has 226 valence electrons. The van der Waals surface area contributed by atoms with Crippen LogP contribution in [0.15, 0.2) is 95.8 Å². The number of phenols is 1. The van der Waals surface area contributed by atoms with Crippen molar-refractivity contribution in [1.82, 2.24) is 0 Å². The number of fused-ring (bicyclic) bond motifs is 1. The molecule has 0 spiro atoms. The summed E-state index contributed by atoms with van der Waals surface area (Å²) < 4.78 is 97.9. The lowest BCUT2D eigenvalue weighted by Gasteiger charge is -2.11. The number of hydrogen-bond donors (Lipinski definition) is 5. The number of aromatic hydroxyl groups is 1. The number of azo groups is 2. The molecule has 0 fully saturated rings. The SMILES string of the molecule is N#Cc1cc(S(=O)(=O)O)cc2cc(S(=O)(=O)O)c(/N=N/c3ccc(/N=N/c4ccc(S(=O)(=O)O)cc4)cc3C(=O)O)c(O)c12. The summed E-state index contributed by atoms with van der Waals surface area (Å²) in [7, 11) is -14.5. The van der Waals surface area contributed by atoms with Crippen LogP contribution in [-0.2, 0) is 30.4 Å². The van der Waals surface area contributed by atoms with Gasteiger partial charge in [-0.05, 0) is 66.0 Å². The van der Waals surface area contributed by atoms with Crippen LogP contribution < -0.4 is 0 Å². The van der Waals surface area contributed by atoms with Crippen molar-refractivity contribution < 1.29 is 53.9 Å². The second-order valence-electron chi connectivity index (χ2n) is 8.58. The molecule has 0 bridgehead atoms. The van der Waals surface area contributed by atoms with Crippen LogP contribution in [0.1, 0.15) is 15.9 Å². The lowest BCUT2D eigenvalue weighted by molar-refractivity contribution is 0.0697. The first-order valence-electron chi connectivity index (χ1n) is 11.4. The number of carbonyl (C=O) groups is 1. The van der Waals surface area contributed by atoms with E-state index in [1.54, 1.807) is 6.07 Å². The molecule has 5 N–H and O–H groups in total. The Labute approximate surface area is 247 Å². The highest BCUT2D eigenvalue weighted by atomic mass is 32.2. The standard InChI is InChI=1S/C24H15N5O12S3/c25-11-13-8-17(43(36,37)38)7-12-9-20(44(39,40)41)22(23(30)21(12)13)29-28-19-6-3-15(10-18(19)24(31)32)27-26-14-1-4-16(5-2-14)42(33,34)35/h1-10,30H,(H,31,32)(H,33,34,35)(H,36,37,38)(H,39,40,41)/b27-26+,29-28+. The molecule has 4 aromatic carbocycles. The van der Waals surface area contributed by atoms with Crippen LogP contribution in [0.3, 0.4) is 0 Å². The Balaban J connectivity index is 1.81. The van der Waals surface area contributed by atoms with Gasteiger partial charge in [-0.15, -0.1) is 10.2 Å². The fourth-order valence-electron chi connectivity index (χ4n) is 3.74. The van der Waals surface area contributed by atoms with E-state index in [4.69, 9.17) is 4.55 Å². The maximum absolute atomic E-state index is 12.1. The summed E-state index contributed by atoms with van der Waals surface area (Å²) in [6.07, 6.45) is 0. The van der Waals surface area contributed by atoms with Crippen molar-refractivity contribution in [2.45, 2.75) is 14.7 Å². The maximum atomic E-state index is 12.1. The zero-order valence-corrected chi connectivity index (χ0v) is 23.8. The largest absolute Gasteiger partial charge is 0.505 e. The van der Waals surface area contributed by atoms with Crippen molar-refractivity contribution in [3.8, 4) is 11.8 Å². The van der Waals surface area contributed by atoms with Gasteiger partial charge in [-0.1, -0.05) is 0 Å². The van der Waals surface area contributed by atoms with E-state index >= 15 is 0 Å². The quantitative estimate of drug-likeness (QED) is 0.127. The van der Waals surface area contributed by atoms with E-state index in [2.05, 4.69) is 20.5 Å². The number of aromatic carboxylic acids is 1. The van der Waals surface area contributed by atoms with E-state index in [0.717, 1.165) is 30.3 Å². The molecule has 0 aliphatic carbocycles. The van der Waals surface area contributed by atoms with Gasteiger partial charge in [-0.3, -0.25) is 13.7 Å². The van der Waals surface area contributed by atoms with E-state index in [9.17, 15) is 54.6 Å². The van der Waals surface area contributed by atoms with Crippen molar-refractivity contribution >= 4 is 69.8 Å². The second-order valence-corrected chi connectivity index (χ2v) is 12.8. The molecule has 44 heavy (non-hydrogen) atoms. The Hall–Kier alpha value is -5.17. The highest BCUT2D eigenvalue weighted by Gasteiger charge is 2.25. The Morgan fingerprint density at radius 1 is 0.705 bits per heavy atom. The van der Waals surface area contributed by atoms with Gasteiger partial charge in [0, 0.05) is 5.39 Å². The Morgan fingerprint density at radius 2 is 1.30 bits per heavy atom. The molecule has 0 atom stereocenters. The zero-order chi connectivity index (χ0) is 32.6. The zero-order valence-electron chi connectivity index (χ0n) is 21.3. The maximum Gasteiger partial charge on any atom is 0.338 e. The Morgan fingerprint density at radius 3 is 1.84 bits per heavy atom. The van der Waals surface area contributed by atoms with E-state index in [-0.39, 0.29) is 16.3 Å². The average molecular weight is 662 g/mol. The van der Waals surface area contributed by atoms with Crippen LogP contribution in [0, 0.1) is 11.3 Å². The lowest BCUT2D eigenvalue weighted by atomic mass is 10.0.